The van der Waals surface area contributed by atoms with Gasteiger partial charge in [0.1, 0.15) is 30.5 Å². The van der Waals surface area contributed by atoms with Crippen molar-refractivity contribution in [3.63, 3.8) is 0 Å². The number of methoxy groups -OCH3 is 1. The number of ketones is 1. The summed E-state index contributed by atoms with van der Waals surface area (Å²) in [5.74, 6) is -13.3. The van der Waals surface area contributed by atoms with Crippen molar-refractivity contribution in [3.8, 4) is 5.75 Å². The predicted octanol–water partition coefficient (Wildman–Crippen LogP) is 6.02. The average Bonchev–Trinajstić information content (AvgIpc) is 3.06. The molecule has 244 valence electrons. The first-order chi connectivity index (χ1) is 22.3. The maximum atomic E-state index is 15.4. The zero-order valence-electron chi connectivity index (χ0n) is 23.6. The smallest absolute Gasteiger partial charge is 0.200 e. The SMILES string of the molecule is COc1ccc(S(O[Cl+3]([O-])([O-])[O-])(c2ccc(Sc3ccc(F)c(C(=O)c4ccccc4)c3)cc2)c2c(F)c(F)c(F)c(F)c2F)cc1. The fourth-order valence-electron chi connectivity index (χ4n) is 4.52. The van der Waals surface area contributed by atoms with Crippen LogP contribution in [0.5, 0.6) is 5.75 Å². The zero-order chi connectivity index (χ0) is 34.1. The Balaban J connectivity index is 1.65. The molecule has 1 atom stereocenters. The normalized spacial score (nSPS) is 13.6. The maximum absolute atomic E-state index is 15.4. The maximum Gasteiger partial charge on any atom is 0.200 e. The molecule has 0 N–H and O–H groups in total. The largest absolute Gasteiger partial charge is 0.497 e. The molecule has 0 radical (unpaired) electrons. The monoisotopic (exact) mass is 712 g/mol. The molecule has 0 fully saturated rings. The van der Waals surface area contributed by atoms with Crippen LogP contribution in [-0.4, -0.2) is 12.9 Å². The molecule has 0 aromatic heterocycles. The lowest BCUT2D eigenvalue weighted by atomic mass is 10.0. The molecule has 0 saturated heterocycles. The Morgan fingerprint density at radius 2 is 1.19 bits per heavy atom. The number of ether oxygens (including phenoxy) is 1. The van der Waals surface area contributed by atoms with Gasteiger partial charge in [0.2, 0.25) is 5.82 Å². The van der Waals surface area contributed by atoms with Gasteiger partial charge < -0.3 is 4.74 Å². The van der Waals surface area contributed by atoms with Crippen LogP contribution in [0.15, 0.2) is 122 Å². The summed E-state index contributed by atoms with van der Waals surface area (Å²) in [6.07, 6.45) is 0. The highest BCUT2D eigenvalue weighted by Crippen LogP contribution is 2.71. The zero-order valence-corrected chi connectivity index (χ0v) is 26.0. The first-order valence-electron chi connectivity index (χ1n) is 13.0. The molecule has 5 rings (SSSR count). The van der Waals surface area contributed by atoms with Crippen molar-refractivity contribution in [2.24, 2.45) is 0 Å². The van der Waals surface area contributed by atoms with E-state index >= 15 is 8.78 Å². The van der Waals surface area contributed by atoms with E-state index in [2.05, 4.69) is 0 Å². The van der Waals surface area contributed by atoms with Crippen molar-refractivity contribution in [2.75, 3.05) is 7.11 Å². The van der Waals surface area contributed by atoms with Gasteiger partial charge in [-0.2, -0.15) is 14.0 Å². The Labute approximate surface area is 271 Å². The molecule has 47 heavy (non-hydrogen) atoms. The Kier molecular flexibility index (Phi) is 9.94. The highest BCUT2D eigenvalue weighted by atomic mass is 35.7. The van der Waals surface area contributed by atoms with Crippen molar-refractivity contribution >= 4 is 27.9 Å². The Bertz CT molecular complexity index is 1920. The lowest BCUT2D eigenvalue weighted by Gasteiger charge is -2.35. The molecule has 0 aliphatic rings. The number of benzene rings is 5. The highest BCUT2D eigenvalue weighted by Gasteiger charge is 2.52. The van der Waals surface area contributed by atoms with Gasteiger partial charge in [0.05, 0.1) is 22.9 Å². The molecule has 0 spiro atoms. The minimum atomic E-state index is -5.56. The van der Waals surface area contributed by atoms with Crippen LogP contribution in [0.2, 0.25) is 0 Å². The lowest BCUT2D eigenvalue weighted by molar-refractivity contribution is -1.91. The first kappa shape index (κ1) is 34.3. The number of rotatable bonds is 10. The van der Waals surface area contributed by atoms with Crippen LogP contribution in [0.25, 0.3) is 0 Å². The molecule has 0 saturated carbocycles. The molecular weight excluding hydrogens is 694 g/mol. The van der Waals surface area contributed by atoms with E-state index in [-0.39, 0.29) is 16.9 Å². The summed E-state index contributed by atoms with van der Waals surface area (Å²) in [5.41, 5.74) is 0.0247. The van der Waals surface area contributed by atoms with Crippen molar-refractivity contribution in [1.29, 1.82) is 0 Å². The van der Waals surface area contributed by atoms with E-state index < -0.39 is 75.9 Å². The highest BCUT2D eigenvalue weighted by molar-refractivity contribution is 8.29. The van der Waals surface area contributed by atoms with Gasteiger partial charge in [0.25, 0.3) is 0 Å². The molecule has 0 bridgehead atoms. The average molecular weight is 713 g/mol. The van der Waals surface area contributed by atoms with Crippen LogP contribution in [-0.2, 0) is 3.74 Å². The Morgan fingerprint density at radius 3 is 1.72 bits per heavy atom. The summed E-state index contributed by atoms with van der Waals surface area (Å²) in [6, 6.07) is 21.0. The number of halogens is 7. The second kappa shape index (κ2) is 13.6. The molecular formula is C32H19ClF6O6S2. The van der Waals surface area contributed by atoms with Gasteiger partial charge in [-0.25, -0.2) is 26.3 Å². The summed E-state index contributed by atoms with van der Waals surface area (Å²) in [4.78, 5) is 11.1. The van der Waals surface area contributed by atoms with E-state index in [1.807, 2.05) is 0 Å². The molecule has 0 aliphatic heterocycles. The van der Waals surface area contributed by atoms with Crippen LogP contribution < -0.4 is 18.7 Å². The third kappa shape index (κ3) is 6.85. The first-order valence-corrected chi connectivity index (χ1v) is 16.7. The number of carbonyl (C=O) groups is 1. The van der Waals surface area contributed by atoms with Crippen LogP contribution in [0, 0.1) is 45.1 Å². The molecule has 5 aromatic rings. The Hall–Kier alpha value is -4.02. The number of carbonyl (C=O) groups excluding carboxylic acids is 1. The Morgan fingerprint density at radius 1 is 0.681 bits per heavy atom. The van der Waals surface area contributed by atoms with Crippen molar-refractivity contribution in [2.45, 2.75) is 24.5 Å². The van der Waals surface area contributed by atoms with Crippen molar-refractivity contribution < 1.29 is 63.8 Å². The van der Waals surface area contributed by atoms with Gasteiger partial charge in [-0.15, -0.1) is 0 Å². The lowest BCUT2D eigenvalue weighted by Crippen LogP contribution is -2.61. The second-order valence-corrected chi connectivity index (χ2v) is 14.4. The van der Waals surface area contributed by atoms with Gasteiger partial charge in [-0.1, -0.05) is 42.1 Å². The van der Waals surface area contributed by atoms with Gasteiger partial charge >= 0.3 is 0 Å². The summed E-state index contributed by atoms with van der Waals surface area (Å²) in [7, 11) is -8.84. The van der Waals surface area contributed by atoms with Crippen LogP contribution in [0.4, 0.5) is 26.3 Å². The third-order valence-corrected chi connectivity index (χ3v) is 11.8. The molecule has 6 nitrogen and oxygen atoms in total. The van der Waals surface area contributed by atoms with Crippen molar-refractivity contribution in [3.05, 3.63) is 143 Å². The van der Waals surface area contributed by atoms with Gasteiger partial charge in [-0.05, 0) is 66.7 Å². The number of hydrogen-bond acceptors (Lipinski definition) is 7. The predicted molar refractivity (Wildman–Crippen MR) is 150 cm³/mol. The molecule has 1 unspecified atom stereocenters. The molecule has 0 amide bonds. The van der Waals surface area contributed by atoms with E-state index in [0.717, 1.165) is 42.1 Å². The number of hydrogen-bond donors (Lipinski definition) is 0. The van der Waals surface area contributed by atoms with Gasteiger partial charge in [-0.3, -0.25) is 4.79 Å². The minimum Gasteiger partial charge on any atom is -0.497 e. The molecule has 15 heteroatoms. The van der Waals surface area contributed by atoms with E-state index in [1.54, 1.807) is 18.2 Å². The standard InChI is InChI=1S/C32H19ClF6O6S2/c1-44-19-7-12-22(13-8-19)47(45-33(41,42)43,32-29(38)27(36)26(35)28(37)30(32)39)23-14-9-20(10-15-23)46-21-11-16-25(34)24(17-21)31(40)18-5-3-2-4-6-18/h2-17H,1H3. The fraction of sp³-hybridized carbons (Fsp3) is 0.0312. The minimum absolute atomic E-state index is 0.165. The van der Waals surface area contributed by atoms with Gasteiger partial charge in [0, 0.05) is 25.1 Å². The second-order valence-electron chi connectivity index (χ2n) is 9.48. The van der Waals surface area contributed by atoms with E-state index in [1.165, 1.54) is 55.6 Å². The van der Waals surface area contributed by atoms with Crippen LogP contribution in [0.1, 0.15) is 15.9 Å². The summed E-state index contributed by atoms with van der Waals surface area (Å²) in [6.45, 7) is 0. The van der Waals surface area contributed by atoms with Crippen molar-refractivity contribution in [1.82, 2.24) is 0 Å². The van der Waals surface area contributed by atoms with Crippen LogP contribution in [0.3, 0.4) is 0 Å². The topological polar surface area (TPSA) is 105 Å². The van der Waals surface area contributed by atoms with E-state index in [0.29, 0.717) is 9.79 Å². The summed E-state index contributed by atoms with van der Waals surface area (Å²) < 4.78 is 135. The third-order valence-electron chi connectivity index (χ3n) is 6.63. The van der Waals surface area contributed by atoms with Gasteiger partial charge in [0.15, 0.2) is 29.1 Å². The fourth-order valence-corrected chi connectivity index (χ4v) is 9.60. The quantitative estimate of drug-likeness (QED) is 0.0755. The molecule has 0 aliphatic carbocycles. The molecule has 0 heterocycles. The van der Waals surface area contributed by atoms with Crippen LogP contribution >= 0.6 is 22.1 Å². The summed E-state index contributed by atoms with van der Waals surface area (Å²) in [5, 5.41) is 0. The summed E-state index contributed by atoms with van der Waals surface area (Å²) >= 11 is 0.999. The van der Waals surface area contributed by atoms with E-state index in [4.69, 9.17) is 8.47 Å². The van der Waals surface area contributed by atoms with E-state index in [9.17, 15) is 36.3 Å². The molecule has 5 aromatic carbocycles.